The van der Waals surface area contributed by atoms with Gasteiger partial charge in [-0.15, -0.1) is 11.8 Å². The summed E-state index contributed by atoms with van der Waals surface area (Å²) >= 11 is 4.92. The highest BCUT2D eigenvalue weighted by Crippen LogP contribution is 2.30. The van der Waals surface area contributed by atoms with Gasteiger partial charge >= 0.3 is 0 Å². The number of thioether (sulfide) groups is 1. The Hall–Kier alpha value is -1.31. The summed E-state index contributed by atoms with van der Waals surface area (Å²) in [5, 5.41) is 0. The zero-order chi connectivity index (χ0) is 18.0. The molecule has 0 atom stereocenters. The number of aryl methyl sites for hydroxylation is 1. The summed E-state index contributed by atoms with van der Waals surface area (Å²) in [6, 6.07) is 13.2. The second-order valence-corrected chi connectivity index (χ2v) is 9.82. The number of rotatable bonds is 5. The molecule has 0 N–H and O–H groups in total. The minimum Gasteiger partial charge on any atom is -0.293 e. The van der Waals surface area contributed by atoms with E-state index in [1.807, 2.05) is 30.3 Å². The molecule has 2 aromatic carbocycles. The van der Waals surface area contributed by atoms with Crippen molar-refractivity contribution in [1.82, 2.24) is 0 Å². The highest BCUT2D eigenvalue weighted by atomic mass is 79.9. The quantitative estimate of drug-likeness (QED) is 0.518. The smallest absolute Gasteiger partial charge is 0.232 e. The number of sulfonamides is 1. The third-order valence-corrected chi connectivity index (χ3v) is 6.71. The number of hydrogen-bond acceptors (Lipinski definition) is 4. The van der Waals surface area contributed by atoms with Gasteiger partial charge in [0.2, 0.25) is 10.0 Å². The first-order valence-electron chi connectivity index (χ1n) is 7.87. The van der Waals surface area contributed by atoms with Crippen molar-refractivity contribution in [2.45, 2.75) is 17.7 Å². The van der Waals surface area contributed by atoms with Crippen LogP contribution in [0, 0.1) is 0 Å². The van der Waals surface area contributed by atoms with Gasteiger partial charge in [0.1, 0.15) is 0 Å². The van der Waals surface area contributed by atoms with Gasteiger partial charge in [0, 0.05) is 21.5 Å². The molecule has 3 rings (SSSR count). The zero-order valence-electron chi connectivity index (χ0n) is 13.7. The average Bonchev–Trinajstić information content (AvgIpc) is 2.58. The van der Waals surface area contributed by atoms with Gasteiger partial charge in [-0.05, 0) is 54.8 Å². The molecule has 1 aliphatic heterocycles. The van der Waals surface area contributed by atoms with E-state index in [9.17, 15) is 13.2 Å². The molecule has 132 valence electrons. The van der Waals surface area contributed by atoms with Gasteiger partial charge in [-0.25, -0.2) is 8.42 Å². The molecule has 1 aliphatic rings. The topological polar surface area (TPSA) is 54.5 Å². The maximum atomic E-state index is 12.5. The number of Topliss-reactive ketones (excluding diaryl/α,β-unsaturated/α-hetero) is 1. The molecule has 0 aromatic heterocycles. The standard InChI is InChI=1S/C18H18BrNO3S2/c1-25(22,23)20-9-3-4-13-10-14(7-8-17(13)20)18(21)12-24-16-6-2-5-15(19)11-16/h2,5-8,10-11H,3-4,9,12H2,1H3. The van der Waals surface area contributed by atoms with Crippen molar-refractivity contribution < 1.29 is 13.2 Å². The number of carbonyl (C=O) groups excluding carboxylic acids is 1. The van der Waals surface area contributed by atoms with E-state index in [0.29, 0.717) is 23.5 Å². The molecule has 0 aliphatic carbocycles. The van der Waals surface area contributed by atoms with Crippen molar-refractivity contribution in [3.05, 3.63) is 58.1 Å². The van der Waals surface area contributed by atoms with Crippen LogP contribution in [0.25, 0.3) is 0 Å². The fourth-order valence-corrected chi connectivity index (χ4v) is 5.27. The minimum absolute atomic E-state index is 0.0456. The SMILES string of the molecule is CS(=O)(=O)N1CCCc2cc(C(=O)CSc3cccc(Br)c3)ccc21. The van der Waals surface area contributed by atoms with Gasteiger partial charge in [0.05, 0.1) is 17.7 Å². The van der Waals surface area contributed by atoms with E-state index >= 15 is 0 Å². The number of fused-ring (bicyclic) bond motifs is 1. The van der Waals surface area contributed by atoms with Crippen LogP contribution in [0.4, 0.5) is 5.69 Å². The van der Waals surface area contributed by atoms with Crippen LogP contribution in [-0.2, 0) is 16.4 Å². The molecule has 2 aromatic rings. The maximum absolute atomic E-state index is 12.5. The Morgan fingerprint density at radius 1 is 1.24 bits per heavy atom. The molecule has 4 nitrogen and oxygen atoms in total. The zero-order valence-corrected chi connectivity index (χ0v) is 17.0. The average molecular weight is 440 g/mol. The predicted octanol–water partition coefficient (Wildman–Crippen LogP) is 4.14. The Morgan fingerprint density at radius 2 is 2.04 bits per heavy atom. The second kappa shape index (κ2) is 7.51. The number of nitrogens with zero attached hydrogens (tertiary/aromatic N) is 1. The molecule has 0 unspecified atom stereocenters. The van der Waals surface area contributed by atoms with E-state index in [2.05, 4.69) is 15.9 Å². The van der Waals surface area contributed by atoms with Gasteiger partial charge < -0.3 is 0 Å². The highest BCUT2D eigenvalue weighted by Gasteiger charge is 2.24. The molecule has 0 spiro atoms. The summed E-state index contributed by atoms with van der Waals surface area (Å²) in [6.45, 7) is 0.498. The number of benzene rings is 2. The lowest BCUT2D eigenvalue weighted by Crippen LogP contribution is -2.34. The van der Waals surface area contributed by atoms with E-state index in [1.54, 1.807) is 12.1 Å². The van der Waals surface area contributed by atoms with E-state index in [0.717, 1.165) is 27.8 Å². The molecule has 7 heteroatoms. The molecule has 0 radical (unpaired) electrons. The van der Waals surface area contributed by atoms with Crippen LogP contribution >= 0.6 is 27.7 Å². The Balaban J connectivity index is 1.76. The number of ketones is 1. The van der Waals surface area contributed by atoms with Crippen LogP contribution in [0.3, 0.4) is 0 Å². The molecular formula is C18H18BrNO3S2. The Bertz CT molecular complexity index is 912. The fraction of sp³-hybridized carbons (Fsp3) is 0.278. The minimum atomic E-state index is -3.28. The summed E-state index contributed by atoms with van der Waals surface area (Å²) in [4.78, 5) is 13.5. The monoisotopic (exact) mass is 439 g/mol. The largest absolute Gasteiger partial charge is 0.293 e. The number of hydrogen-bond donors (Lipinski definition) is 0. The summed E-state index contributed by atoms with van der Waals surface area (Å²) in [6.07, 6.45) is 2.78. The van der Waals surface area contributed by atoms with Crippen LogP contribution in [-0.4, -0.2) is 32.8 Å². The van der Waals surface area contributed by atoms with Crippen molar-refractivity contribution in [2.75, 3.05) is 22.9 Å². The van der Waals surface area contributed by atoms with Crippen molar-refractivity contribution in [1.29, 1.82) is 0 Å². The van der Waals surface area contributed by atoms with Crippen LogP contribution < -0.4 is 4.31 Å². The molecule has 25 heavy (non-hydrogen) atoms. The number of anilines is 1. The van der Waals surface area contributed by atoms with Crippen LogP contribution in [0.1, 0.15) is 22.3 Å². The molecular weight excluding hydrogens is 422 g/mol. The van der Waals surface area contributed by atoms with Crippen LogP contribution in [0.2, 0.25) is 0 Å². The van der Waals surface area contributed by atoms with Crippen LogP contribution in [0.5, 0.6) is 0 Å². The third kappa shape index (κ3) is 4.46. The lowest BCUT2D eigenvalue weighted by atomic mass is 9.99. The van der Waals surface area contributed by atoms with Crippen LogP contribution in [0.15, 0.2) is 51.8 Å². The summed E-state index contributed by atoms with van der Waals surface area (Å²) in [5.74, 6) is 0.398. The van der Waals surface area contributed by atoms with Gasteiger partial charge in [-0.1, -0.05) is 22.0 Å². The fourth-order valence-electron chi connectivity index (χ4n) is 2.87. The molecule has 0 amide bonds. The third-order valence-electron chi connectivity index (χ3n) is 4.04. The van der Waals surface area contributed by atoms with E-state index in [1.165, 1.54) is 22.3 Å². The van der Waals surface area contributed by atoms with Gasteiger partial charge in [0.25, 0.3) is 0 Å². The molecule has 0 fully saturated rings. The van der Waals surface area contributed by atoms with E-state index in [4.69, 9.17) is 0 Å². The molecule has 0 saturated heterocycles. The molecule has 1 heterocycles. The maximum Gasteiger partial charge on any atom is 0.232 e. The number of halogens is 1. The van der Waals surface area contributed by atoms with Crippen molar-refractivity contribution in [3.63, 3.8) is 0 Å². The summed E-state index contributed by atoms with van der Waals surface area (Å²) in [7, 11) is -3.28. The van der Waals surface area contributed by atoms with Gasteiger partial charge in [-0.3, -0.25) is 9.10 Å². The summed E-state index contributed by atoms with van der Waals surface area (Å²) in [5.41, 5.74) is 2.26. The Kier molecular flexibility index (Phi) is 5.55. The van der Waals surface area contributed by atoms with E-state index in [-0.39, 0.29) is 5.78 Å². The first-order valence-corrected chi connectivity index (χ1v) is 11.5. The Labute approximate surface area is 160 Å². The Morgan fingerprint density at radius 3 is 2.76 bits per heavy atom. The summed E-state index contributed by atoms with van der Waals surface area (Å²) < 4.78 is 26.2. The predicted molar refractivity (Wildman–Crippen MR) is 106 cm³/mol. The lowest BCUT2D eigenvalue weighted by Gasteiger charge is -2.29. The van der Waals surface area contributed by atoms with E-state index < -0.39 is 10.0 Å². The number of carbonyl (C=O) groups is 1. The van der Waals surface area contributed by atoms with Gasteiger partial charge in [-0.2, -0.15) is 0 Å². The second-order valence-electron chi connectivity index (χ2n) is 5.95. The highest BCUT2D eigenvalue weighted by molar-refractivity contribution is 9.10. The lowest BCUT2D eigenvalue weighted by molar-refractivity contribution is 0.102. The first kappa shape index (κ1) is 18.5. The van der Waals surface area contributed by atoms with Gasteiger partial charge in [0.15, 0.2) is 5.78 Å². The first-order chi connectivity index (χ1) is 11.8. The van der Waals surface area contributed by atoms with Crippen molar-refractivity contribution in [3.8, 4) is 0 Å². The molecule has 0 bridgehead atoms. The normalized spacial score (nSPS) is 14.2. The van der Waals surface area contributed by atoms with Crippen molar-refractivity contribution >= 4 is 49.2 Å². The van der Waals surface area contributed by atoms with Crippen molar-refractivity contribution in [2.24, 2.45) is 0 Å². The molecule has 0 saturated carbocycles.